The van der Waals surface area contributed by atoms with Gasteiger partial charge in [0.25, 0.3) is 0 Å². The quantitative estimate of drug-likeness (QED) is 0.291. The van der Waals surface area contributed by atoms with Crippen LogP contribution in [0.5, 0.6) is 11.5 Å². The minimum atomic E-state index is -4.97. The predicted molar refractivity (Wildman–Crippen MR) is 137 cm³/mol. The molecular weight excluding hydrogens is 565 g/mol. The fourth-order valence-electron chi connectivity index (χ4n) is 4.38. The van der Waals surface area contributed by atoms with E-state index in [-0.39, 0.29) is 46.2 Å². The van der Waals surface area contributed by atoms with Gasteiger partial charge in [-0.2, -0.15) is 18.4 Å². The molecule has 2 N–H and O–H groups in total. The maximum atomic E-state index is 14.3. The van der Waals surface area contributed by atoms with Crippen molar-refractivity contribution in [1.29, 1.82) is 5.26 Å². The van der Waals surface area contributed by atoms with E-state index >= 15 is 0 Å². The van der Waals surface area contributed by atoms with Crippen LogP contribution in [0.1, 0.15) is 17.0 Å². The number of methoxy groups -OCH3 is 2. The van der Waals surface area contributed by atoms with Gasteiger partial charge in [-0.1, -0.05) is 30.3 Å². The highest BCUT2D eigenvalue weighted by Crippen LogP contribution is 2.43. The van der Waals surface area contributed by atoms with Gasteiger partial charge >= 0.3 is 18.1 Å². The van der Waals surface area contributed by atoms with Crippen LogP contribution in [0, 0.1) is 23.0 Å². The van der Waals surface area contributed by atoms with Gasteiger partial charge in [0, 0.05) is 5.69 Å². The lowest BCUT2D eigenvalue weighted by molar-refractivity contribution is -0.139. The standard InChI is InChI=1S/C29H20F5N3O5/c1-40-27(38)23-22(15-6-4-3-5-7-15)19(14-35)26(36)37(24(23)28(39)41-2)17-8-10-18(11-9-17)42-25-20(30)12-16(13-21(25)31)29(32,33)34/h3-13,22H,36H2,1-2H3. The number of hydrogen-bond acceptors (Lipinski definition) is 8. The number of benzene rings is 3. The first kappa shape index (κ1) is 29.6. The van der Waals surface area contributed by atoms with Crippen LogP contribution in [0.3, 0.4) is 0 Å². The van der Waals surface area contributed by atoms with Crippen LogP contribution in [-0.2, 0) is 25.2 Å². The number of carbonyl (C=O) groups excluding carboxylic acids is 2. The average Bonchev–Trinajstić information content (AvgIpc) is 2.97. The third kappa shape index (κ3) is 5.46. The fraction of sp³-hybridized carbons (Fsp3) is 0.138. The molecule has 0 aliphatic carbocycles. The van der Waals surface area contributed by atoms with Crippen LogP contribution in [0.25, 0.3) is 0 Å². The molecule has 1 aliphatic rings. The SMILES string of the molecule is COC(=O)C1=C(C(=O)OC)N(c2ccc(Oc3c(F)cc(C(F)(F)F)cc3F)cc2)C(N)=C(C#N)C1c1ccccc1. The van der Waals surface area contributed by atoms with Gasteiger partial charge in [0.15, 0.2) is 17.4 Å². The number of nitriles is 1. The van der Waals surface area contributed by atoms with Gasteiger partial charge in [-0.25, -0.2) is 18.4 Å². The first-order valence-electron chi connectivity index (χ1n) is 11.9. The normalized spacial score (nSPS) is 15.3. The number of rotatable bonds is 6. The van der Waals surface area contributed by atoms with Crippen LogP contribution in [0.2, 0.25) is 0 Å². The van der Waals surface area contributed by atoms with Crippen molar-refractivity contribution in [2.45, 2.75) is 12.1 Å². The second-order valence-electron chi connectivity index (χ2n) is 8.70. The molecule has 3 aromatic rings. The molecule has 1 unspecified atom stereocenters. The highest BCUT2D eigenvalue weighted by molar-refractivity contribution is 6.06. The molecule has 216 valence electrons. The van der Waals surface area contributed by atoms with Gasteiger partial charge in [-0.05, 0) is 42.0 Å². The van der Waals surface area contributed by atoms with Crippen LogP contribution >= 0.6 is 0 Å². The summed E-state index contributed by atoms with van der Waals surface area (Å²) in [5.74, 6) is -7.70. The average molecular weight is 585 g/mol. The van der Waals surface area contributed by atoms with Crippen molar-refractivity contribution < 1.29 is 45.8 Å². The van der Waals surface area contributed by atoms with E-state index in [2.05, 4.69) is 0 Å². The number of anilines is 1. The highest BCUT2D eigenvalue weighted by Gasteiger charge is 2.43. The van der Waals surface area contributed by atoms with E-state index < -0.39 is 47.0 Å². The van der Waals surface area contributed by atoms with Crippen molar-refractivity contribution in [3.8, 4) is 17.6 Å². The smallest absolute Gasteiger partial charge is 0.416 e. The molecule has 3 aromatic carbocycles. The molecule has 42 heavy (non-hydrogen) atoms. The van der Waals surface area contributed by atoms with Crippen molar-refractivity contribution in [1.82, 2.24) is 0 Å². The van der Waals surface area contributed by atoms with Crippen molar-refractivity contribution in [3.63, 3.8) is 0 Å². The third-order valence-electron chi connectivity index (χ3n) is 6.25. The second-order valence-corrected chi connectivity index (χ2v) is 8.70. The lowest BCUT2D eigenvalue weighted by atomic mass is 9.81. The molecule has 0 amide bonds. The van der Waals surface area contributed by atoms with Crippen molar-refractivity contribution in [2.75, 3.05) is 19.1 Å². The molecule has 1 aliphatic heterocycles. The Morgan fingerprint density at radius 1 is 0.929 bits per heavy atom. The molecule has 0 spiro atoms. The predicted octanol–water partition coefficient (Wildman–Crippen LogP) is 5.67. The molecule has 1 atom stereocenters. The minimum absolute atomic E-state index is 0.0919. The Morgan fingerprint density at radius 3 is 2.00 bits per heavy atom. The number of alkyl halides is 3. The third-order valence-corrected chi connectivity index (χ3v) is 6.25. The summed E-state index contributed by atoms with van der Waals surface area (Å²) < 4.78 is 82.3. The zero-order chi connectivity index (χ0) is 30.8. The maximum absolute atomic E-state index is 14.3. The molecule has 0 saturated heterocycles. The molecule has 0 aromatic heterocycles. The van der Waals surface area contributed by atoms with Crippen LogP contribution < -0.4 is 15.4 Å². The Hall–Kier alpha value is -5.38. The zero-order valence-electron chi connectivity index (χ0n) is 21.8. The number of ether oxygens (including phenoxy) is 3. The highest BCUT2D eigenvalue weighted by atomic mass is 19.4. The number of esters is 2. The summed E-state index contributed by atoms with van der Waals surface area (Å²) in [5.41, 5.74) is 4.73. The molecule has 8 nitrogen and oxygen atoms in total. The number of nitrogens with zero attached hydrogens (tertiary/aromatic N) is 2. The van der Waals surface area contributed by atoms with Crippen LogP contribution in [-0.4, -0.2) is 26.2 Å². The Labute approximate surface area is 235 Å². The van der Waals surface area contributed by atoms with Gasteiger partial charge in [0.1, 0.15) is 17.3 Å². The molecule has 4 rings (SSSR count). The summed E-state index contributed by atoms with van der Waals surface area (Å²) in [6.45, 7) is 0. The number of hydrogen-bond donors (Lipinski definition) is 1. The monoisotopic (exact) mass is 585 g/mol. The number of halogens is 5. The summed E-state index contributed by atoms with van der Waals surface area (Å²) >= 11 is 0. The van der Waals surface area contributed by atoms with E-state index in [9.17, 15) is 36.8 Å². The summed E-state index contributed by atoms with van der Waals surface area (Å²) in [4.78, 5) is 27.3. The van der Waals surface area contributed by atoms with Gasteiger partial charge < -0.3 is 19.9 Å². The summed E-state index contributed by atoms with van der Waals surface area (Å²) in [5, 5.41) is 10.1. The number of nitrogens with two attached hydrogens (primary N) is 1. The Morgan fingerprint density at radius 2 is 1.50 bits per heavy atom. The molecule has 0 radical (unpaired) electrons. The topological polar surface area (TPSA) is 115 Å². The van der Waals surface area contributed by atoms with E-state index in [1.165, 1.54) is 24.3 Å². The van der Waals surface area contributed by atoms with Crippen LogP contribution in [0.4, 0.5) is 27.6 Å². The minimum Gasteiger partial charge on any atom is -0.466 e. The maximum Gasteiger partial charge on any atom is 0.416 e. The van der Waals surface area contributed by atoms with Gasteiger partial charge in [0.2, 0.25) is 0 Å². The van der Waals surface area contributed by atoms with Gasteiger partial charge in [-0.3, -0.25) is 4.90 Å². The molecule has 0 fully saturated rings. The first-order chi connectivity index (χ1) is 19.9. The van der Waals surface area contributed by atoms with Crippen LogP contribution in [0.15, 0.2) is 89.4 Å². The number of carbonyl (C=O) groups is 2. The molecular formula is C29H20F5N3O5. The first-order valence-corrected chi connectivity index (χ1v) is 11.9. The molecule has 1 heterocycles. The van der Waals surface area contributed by atoms with Crippen molar-refractivity contribution in [2.24, 2.45) is 5.73 Å². The molecule has 0 saturated carbocycles. The van der Waals surface area contributed by atoms with Gasteiger partial charge in [-0.15, -0.1) is 0 Å². The zero-order valence-corrected chi connectivity index (χ0v) is 21.8. The largest absolute Gasteiger partial charge is 0.466 e. The lowest BCUT2D eigenvalue weighted by Gasteiger charge is -2.35. The van der Waals surface area contributed by atoms with E-state index in [1.54, 1.807) is 30.3 Å². The molecule has 0 bridgehead atoms. The summed E-state index contributed by atoms with van der Waals surface area (Å²) in [7, 11) is 2.17. The van der Waals surface area contributed by atoms with E-state index in [1.807, 2.05) is 6.07 Å². The number of allylic oxidation sites excluding steroid dienone is 1. The lowest BCUT2D eigenvalue weighted by Crippen LogP contribution is -2.40. The Kier molecular flexibility index (Phi) is 8.19. The summed E-state index contributed by atoms with van der Waals surface area (Å²) in [6.07, 6.45) is -4.97. The second kappa shape index (κ2) is 11.6. The van der Waals surface area contributed by atoms with Crippen molar-refractivity contribution >= 4 is 17.6 Å². The van der Waals surface area contributed by atoms with E-state index in [0.717, 1.165) is 19.1 Å². The fourth-order valence-corrected chi connectivity index (χ4v) is 4.38. The Balaban J connectivity index is 1.82. The van der Waals surface area contributed by atoms with Crippen molar-refractivity contribution in [3.05, 3.63) is 112 Å². The summed E-state index contributed by atoms with van der Waals surface area (Å²) in [6, 6.07) is 15.4. The molecule has 13 heteroatoms. The Bertz CT molecular complexity index is 1620. The van der Waals surface area contributed by atoms with E-state index in [4.69, 9.17) is 19.9 Å². The van der Waals surface area contributed by atoms with E-state index in [0.29, 0.717) is 5.56 Å². The van der Waals surface area contributed by atoms with Gasteiger partial charge in [0.05, 0.1) is 42.9 Å².